The molecule has 0 spiro atoms. The zero-order valence-electron chi connectivity index (χ0n) is 8.24. The predicted molar refractivity (Wildman–Crippen MR) is 61.5 cm³/mol. The van der Waals surface area contributed by atoms with Crippen LogP contribution in [0, 0.1) is 6.92 Å². The summed E-state index contributed by atoms with van der Waals surface area (Å²) < 4.78 is 0. The maximum absolute atomic E-state index is 5.75. The second-order valence-electron chi connectivity index (χ2n) is 3.19. The summed E-state index contributed by atoms with van der Waals surface area (Å²) in [4.78, 5) is 8.08. The van der Waals surface area contributed by atoms with Crippen molar-refractivity contribution in [3.63, 3.8) is 0 Å². The number of aromatic nitrogens is 2. The number of halogens is 1. The summed E-state index contributed by atoms with van der Waals surface area (Å²) in [6, 6.07) is 9.63. The summed E-state index contributed by atoms with van der Waals surface area (Å²) in [5.74, 6) is 0.506. The van der Waals surface area contributed by atoms with Crippen molar-refractivity contribution in [2.45, 2.75) is 6.92 Å². The van der Waals surface area contributed by atoms with Gasteiger partial charge in [0.05, 0.1) is 0 Å². The molecule has 1 N–H and O–H groups in total. The van der Waals surface area contributed by atoms with Gasteiger partial charge in [-0.2, -0.15) is 0 Å². The van der Waals surface area contributed by atoms with Crippen molar-refractivity contribution < 1.29 is 0 Å². The minimum Gasteiger partial charge on any atom is -0.324 e. The predicted octanol–water partition coefficient (Wildman–Crippen LogP) is 3.18. The Morgan fingerprint density at radius 2 is 1.87 bits per heavy atom. The SMILES string of the molecule is Cc1ccc(Nc2nccc(Cl)n2)cc1. The molecule has 15 heavy (non-hydrogen) atoms. The molecule has 1 heterocycles. The number of nitrogens with zero attached hydrogens (tertiary/aromatic N) is 2. The van der Waals surface area contributed by atoms with Crippen molar-refractivity contribution in [2.24, 2.45) is 0 Å². The van der Waals surface area contributed by atoms with E-state index in [2.05, 4.69) is 15.3 Å². The molecule has 3 nitrogen and oxygen atoms in total. The zero-order chi connectivity index (χ0) is 10.7. The topological polar surface area (TPSA) is 37.8 Å². The number of hydrogen-bond donors (Lipinski definition) is 1. The molecule has 0 aliphatic rings. The normalized spacial score (nSPS) is 10.0. The quantitative estimate of drug-likeness (QED) is 0.789. The molecule has 4 heteroatoms. The van der Waals surface area contributed by atoms with E-state index in [4.69, 9.17) is 11.6 Å². The first kappa shape index (κ1) is 9.93. The lowest BCUT2D eigenvalue weighted by molar-refractivity contribution is 1.17. The molecule has 2 rings (SSSR count). The van der Waals surface area contributed by atoms with Gasteiger partial charge in [0.25, 0.3) is 0 Å². The van der Waals surface area contributed by atoms with Crippen LogP contribution in [0.2, 0.25) is 5.15 Å². The molecule has 76 valence electrons. The van der Waals surface area contributed by atoms with Gasteiger partial charge in [-0.3, -0.25) is 0 Å². The van der Waals surface area contributed by atoms with Gasteiger partial charge in [-0.15, -0.1) is 0 Å². The molecule has 0 unspecified atom stereocenters. The fourth-order valence-electron chi connectivity index (χ4n) is 1.16. The molecule has 0 amide bonds. The summed E-state index contributed by atoms with van der Waals surface area (Å²) in [5.41, 5.74) is 2.16. The van der Waals surface area contributed by atoms with Crippen LogP contribution >= 0.6 is 11.6 Å². The number of hydrogen-bond acceptors (Lipinski definition) is 3. The standard InChI is InChI=1S/C11H10ClN3/c1-8-2-4-9(5-3-8)14-11-13-7-6-10(12)15-11/h2-7H,1H3,(H,13,14,15). The smallest absolute Gasteiger partial charge is 0.228 e. The van der Waals surface area contributed by atoms with Crippen LogP contribution in [-0.2, 0) is 0 Å². The lowest BCUT2D eigenvalue weighted by Gasteiger charge is -2.04. The third kappa shape index (κ3) is 2.67. The Labute approximate surface area is 93.1 Å². The van der Waals surface area contributed by atoms with Crippen LogP contribution in [0.25, 0.3) is 0 Å². The molecule has 0 bridgehead atoms. The minimum absolute atomic E-state index is 0.430. The van der Waals surface area contributed by atoms with Gasteiger partial charge in [0.1, 0.15) is 5.15 Å². The van der Waals surface area contributed by atoms with E-state index in [1.807, 2.05) is 31.2 Å². The molecule has 0 aliphatic carbocycles. The molecule has 2 aromatic rings. The average molecular weight is 220 g/mol. The number of anilines is 2. The highest BCUT2D eigenvalue weighted by atomic mass is 35.5. The van der Waals surface area contributed by atoms with Gasteiger partial charge in [0, 0.05) is 11.9 Å². The average Bonchev–Trinajstić information content (AvgIpc) is 2.22. The fourth-order valence-corrected chi connectivity index (χ4v) is 1.30. The van der Waals surface area contributed by atoms with Crippen LogP contribution in [0.1, 0.15) is 5.56 Å². The lowest BCUT2D eigenvalue weighted by Crippen LogP contribution is -1.96. The first-order chi connectivity index (χ1) is 7.24. The maximum Gasteiger partial charge on any atom is 0.228 e. The van der Waals surface area contributed by atoms with E-state index in [-0.39, 0.29) is 0 Å². The van der Waals surface area contributed by atoms with Gasteiger partial charge >= 0.3 is 0 Å². The van der Waals surface area contributed by atoms with Crippen LogP contribution in [-0.4, -0.2) is 9.97 Å². The van der Waals surface area contributed by atoms with Crippen molar-refractivity contribution >= 4 is 23.2 Å². The van der Waals surface area contributed by atoms with Crippen molar-refractivity contribution in [3.8, 4) is 0 Å². The van der Waals surface area contributed by atoms with Crippen LogP contribution in [0.5, 0.6) is 0 Å². The van der Waals surface area contributed by atoms with E-state index < -0.39 is 0 Å². The van der Waals surface area contributed by atoms with Gasteiger partial charge in [0.2, 0.25) is 5.95 Å². The summed E-state index contributed by atoms with van der Waals surface area (Å²) in [6.45, 7) is 2.04. The van der Waals surface area contributed by atoms with E-state index in [0.717, 1.165) is 5.69 Å². The largest absolute Gasteiger partial charge is 0.324 e. The van der Waals surface area contributed by atoms with Crippen LogP contribution in [0.4, 0.5) is 11.6 Å². The van der Waals surface area contributed by atoms with E-state index in [9.17, 15) is 0 Å². The van der Waals surface area contributed by atoms with Crippen molar-refractivity contribution in [3.05, 3.63) is 47.2 Å². The molecule has 0 aliphatic heterocycles. The summed E-state index contributed by atoms with van der Waals surface area (Å²) >= 11 is 5.75. The van der Waals surface area contributed by atoms with Gasteiger partial charge in [-0.25, -0.2) is 9.97 Å². The fraction of sp³-hybridized carbons (Fsp3) is 0.0909. The Balaban J connectivity index is 2.18. The molecule has 1 aromatic carbocycles. The van der Waals surface area contributed by atoms with Crippen LogP contribution < -0.4 is 5.32 Å². The maximum atomic E-state index is 5.75. The number of nitrogens with one attached hydrogen (secondary N) is 1. The molecular formula is C11H10ClN3. The second-order valence-corrected chi connectivity index (χ2v) is 3.58. The third-order valence-electron chi connectivity index (χ3n) is 1.93. The van der Waals surface area contributed by atoms with Gasteiger partial charge < -0.3 is 5.32 Å². The van der Waals surface area contributed by atoms with Crippen molar-refractivity contribution in [2.75, 3.05) is 5.32 Å². The molecular weight excluding hydrogens is 210 g/mol. The van der Waals surface area contributed by atoms with Gasteiger partial charge in [-0.05, 0) is 25.1 Å². The Bertz CT molecular complexity index is 454. The first-order valence-corrected chi connectivity index (χ1v) is 4.94. The van der Waals surface area contributed by atoms with E-state index in [1.165, 1.54) is 5.56 Å². The van der Waals surface area contributed by atoms with Gasteiger partial charge in [0.15, 0.2) is 0 Å². The van der Waals surface area contributed by atoms with Crippen LogP contribution in [0.15, 0.2) is 36.5 Å². The Hall–Kier alpha value is -1.61. The molecule has 0 saturated heterocycles. The van der Waals surface area contributed by atoms with E-state index in [0.29, 0.717) is 11.1 Å². The zero-order valence-corrected chi connectivity index (χ0v) is 8.99. The summed E-state index contributed by atoms with van der Waals surface area (Å²) in [6.07, 6.45) is 1.62. The monoisotopic (exact) mass is 219 g/mol. The highest BCUT2D eigenvalue weighted by Crippen LogP contribution is 2.14. The molecule has 0 radical (unpaired) electrons. The Kier molecular flexibility index (Phi) is 2.83. The lowest BCUT2D eigenvalue weighted by atomic mass is 10.2. The van der Waals surface area contributed by atoms with Crippen molar-refractivity contribution in [1.82, 2.24) is 9.97 Å². The molecule has 0 atom stereocenters. The highest BCUT2D eigenvalue weighted by Gasteiger charge is 1.97. The van der Waals surface area contributed by atoms with Gasteiger partial charge in [-0.1, -0.05) is 29.3 Å². The minimum atomic E-state index is 0.430. The first-order valence-electron chi connectivity index (χ1n) is 4.56. The molecule has 0 saturated carbocycles. The van der Waals surface area contributed by atoms with Crippen LogP contribution in [0.3, 0.4) is 0 Å². The summed E-state index contributed by atoms with van der Waals surface area (Å²) in [5, 5.41) is 3.50. The van der Waals surface area contributed by atoms with E-state index in [1.54, 1.807) is 12.3 Å². The van der Waals surface area contributed by atoms with E-state index >= 15 is 0 Å². The highest BCUT2D eigenvalue weighted by molar-refractivity contribution is 6.29. The number of benzene rings is 1. The summed E-state index contributed by atoms with van der Waals surface area (Å²) in [7, 11) is 0. The second kappa shape index (κ2) is 4.28. The number of rotatable bonds is 2. The number of aryl methyl sites for hydroxylation is 1. The third-order valence-corrected chi connectivity index (χ3v) is 2.14. The molecule has 1 aromatic heterocycles. The van der Waals surface area contributed by atoms with Crippen molar-refractivity contribution in [1.29, 1.82) is 0 Å². The molecule has 0 fully saturated rings. The Morgan fingerprint density at radius 1 is 1.13 bits per heavy atom. The Morgan fingerprint density at radius 3 is 2.53 bits per heavy atom.